The minimum absolute atomic E-state index is 0.0285. The predicted octanol–water partition coefficient (Wildman–Crippen LogP) is 3.00. The summed E-state index contributed by atoms with van der Waals surface area (Å²) in [5, 5.41) is 48.7. The molecule has 0 saturated carbocycles. The maximum absolute atomic E-state index is 13.8. The van der Waals surface area contributed by atoms with Gasteiger partial charge in [-0.15, -0.1) is 0 Å². The number of phenolic OH excluding ortho intramolecular Hbond substituents is 2. The van der Waals surface area contributed by atoms with Gasteiger partial charge in [0.05, 0.1) is 42.1 Å². The Morgan fingerprint density at radius 2 is 1.76 bits per heavy atom. The molecule has 46 heavy (non-hydrogen) atoms. The number of ether oxygens (including phenoxy) is 3. The summed E-state index contributed by atoms with van der Waals surface area (Å²) in [4.78, 5) is 40.2. The molecular formula is C34H34FNO10. The van der Waals surface area contributed by atoms with E-state index < -0.39 is 82.6 Å². The first kappa shape index (κ1) is 31.8. The molecule has 3 aromatic rings. The fourth-order valence-corrected chi connectivity index (χ4v) is 6.68. The monoisotopic (exact) mass is 635 g/mol. The highest BCUT2D eigenvalue weighted by Gasteiger charge is 2.49. The third kappa shape index (κ3) is 5.25. The van der Waals surface area contributed by atoms with Crippen molar-refractivity contribution in [2.24, 2.45) is 0 Å². The summed E-state index contributed by atoms with van der Waals surface area (Å²) in [7, 11) is 1.34. The molecule has 6 atom stereocenters. The van der Waals surface area contributed by atoms with Gasteiger partial charge >= 0.3 is 0 Å². The summed E-state index contributed by atoms with van der Waals surface area (Å²) in [6.45, 7) is 3.13. The Labute approximate surface area is 263 Å². The summed E-state index contributed by atoms with van der Waals surface area (Å²) in [5.74, 6) is -3.65. The van der Waals surface area contributed by atoms with E-state index in [2.05, 4.69) is 5.32 Å². The van der Waals surface area contributed by atoms with E-state index in [9.17, 15) is 39.2 Å². The van der Waals surface area contributed by atoms with Crippen LogP contribution in [0.5, 0.6) is 17.2 Å². The van der Waals surface area contributed by atoms with Crippen molar-refractivity contribution >= 4 is 17.3 Å². The standard InChI is InChI=1S/C34H34FNO10/c1-15-29(38)21(36-14-17-7-9-18(35)10-8-17)11-24(45-15)46-23-13-34(43,16(2)37)12-20-26(23)33(42)28-27(31(20)40)30(39)19-5-4-6-22(44-3)25(19)32(28)41/h4-10,15,21,23-24,29,36,38,40,42-43H,11-14H2,1-3H3/t15-,21-,23-,24-,29+,34-/m0/s1. The number of ketones is 3. The third-order valence-corrected chi connectivity index (χ3v) is 9.23. The van der Waals surface area contributed by atoms with Crippen LogP contribution in [0.15, 0.2) is 42.5 Å². The molecule has 0 amide bonds. The quantitative estimate of drug-likeness (QED) is 0.189. The van der Waals surface area contributed by atoms with Gasteiger partial charge in [-0.25, -0.2) is 4.39 Å². The van der Waals surface area contributed by atoms with Crippen molar-refractivity contribution < 1.29 is 53.4 Å². The van der Waals surface area contributed by atoms with E-state index in [4.69, 9.17) is 14.2 Å². The second kappa shape index (κ2) is 11.9. The second-order valence-corrected chi connectivity index (χ2v) is 12.1. The van der Waals surface area contributed by atoms with Crippen LogP contribution in [0.1, 0.15) is 81.3 Å². The smallest absolute Gasteiger partial charge is 0.202 e. The molecule has 3 aliphatic rings. The van der Waals surface area contributed by atoms with Crippen LogP contribution in [0.4, 0.5) is 4.39 Å². The number of methoxy groups -OCH3 is 1. The Morgan fingerprint density at radius 1 is 1.07 bits per heavy atom. The van der Waals surface area contributed by atoms with Gasteiger partial charge in [0.25, 0.3) is 0 Å². The van der Waals surface area contributed by atoms with Gasteiger partial charge in [-0.05, 0) is 37.6 Å². The van der Waals surface area contributed by atoms with E-state index in [0.29, 0.717) is 6.54 Å². The Morgan fingerprint density at radius 3 is 2.43 bits per heavy atom. The van der Waals surface area contributed by atoms with Crippen LogP contribution in [0.2, 0.25) is 0 Å². The maximum Gasteiger partial charge on any atom is 0.202 e. The number of halogens is 1. The molecule has 242 valence electrons. The molecule has 5 N–H and O–H groups in total. The first-order valence-electron chi connectivity index (χ1n) is 14.9. The number of Topliss-reactive ketones (excluding diaryl/α,β-unsaturated/α-hetero) is 1. The lowest BCUT2D eigenvalue weighted by Crippen LogP contribution is -2.54. The Balaban J connectivity index is 1.38. The summed E-state index contributed by atoms with van der Waals surface area (Å²) in [6.07, 6.45) is -4.69. The first-order valence-corrected chi connectivity index (χ1v) is 14.9. The number of aliphatic hydroxyl groups excluding tert-OH is 1. The van der Waals surface area contributed by atoms with Crippen molar-refractivity contribution in [3.8, 4) is 17.2 Å². The number of fused-ring (bicyclic) bond motifs is 3. The molecule has 1 heterocycles. The number of aliphatic hydroxyl groups is 2. The number of nitrogens with one attached hydrogen (secondary N) is 1. The Kier molecular flexibility index (Phi) is 8.20. The number of rotatable bonds is 7. The number of benzene rings is 3. The minimum Gasteiger partial charge on any atom is -0.507 e. The van der Waals surface area contributed by atoms with Gasteiger partial charge in [0, 0.05) is 48.5 Å². The number of phenols is 2. The van der Waals surface area contributed by atoms with Crippen LogP contribution >= 0.6 is 0 Å². The third-order valence-electron chi connectivity index (χ3n) is 9.23. The molecule has 0 unspecified atom stereocenters. The topological polar surface area (TPSA) is 172 Å². The van der Waals surface area contributed by atoms with Crippen LogP contribution in [0, 0.1) is 5.82 Å². The van der Waals surface area contributed by atoms with Crippen molar-refractivity contribution in [1.29, 1.82) is 0 Å². The van der Waals surface area contributed by atoms with Crippen molar-refractivity contribution in [3.05, 3.63) is 87.2 Å². The first-order chi connectivity index (χ1) is 21.8. The number of hydrogen-bond donors (Lipinski definition) is 5. The lowest BCUT2D eigenvalue weighted by Gasteiger charge is -2.43. The SMILES string of the molecule is COc1cccc2c1C(=O)c1c(O)c3c(c(O)c1C2=O)C[C@@](O)(C(C)=O)C[C@@H]3O[C@H]1C[C@H](NCc2ccc(F)cc2)[C@H](O)[C@H](C)O1. The number of carbonyl (C=O) groups is 3. The van der Waals surface area contributed by atoms with Crippen LogP contribution < -0.4 is 10.1 Å². The van der Waals surface area contributed by atoms with Crippen LogP contribution in [-0.2, 0) is 27.2 Å². The summed E-state index contributed by atoms with van der Waals surface area (Å²) in [5.41, 5.74) is -2.40. The molecule has 0 bridgehead atoms. The average molecular weight is 636 g/mol. The molecule has 2 aliphatic carbocycles. The highest BCUT2D eigenvalue weighted by molar-refractivity contribution is 6.31. The van der Waals surface area contributed by atoms with Gasteiger partial charge in [0.2, 0.25) is 5.78 Å². The highest BCUT2D eigenvalue weighted by atomic mass is 19.1. The van der Waals surface area contributed by atoms with E-state index in [0.717, 1.165) is 5.56 Å². The molecule has 1 fully saturated rings. The van der Waals surface area contributed by atoms with Crippen LogP contribution in [0.25, 0.3) is 0 Å². The molecule has 3 aromatic carbocycles. The lowest BCUT2D eigenvalue weighted by atomic mass is 9.72. The van der Waals surface area contributed by atoms with E-state index in [1.165, 1.54) is 44.4 Å². The largest absolute Gasteiger partial charge is 0.507 e. The fraction of sp³-hybridized carbons (Fsp3) is 0.382. The number of hydrogen-bond acceptors (Lipinski definition) is 11. The zero-order valence-corrected chi connectivity index (χ0v) is 25.4. The molecule has 12 heteroatoms. The van der Waals surface area contributed by atoms with E-state index in [1.807, 2.05) is 0 Å². The van der Waals surface area contributed by atoms with E-state index >= 15 is 0 Å². The summed E-state index contributed by atoms with van der Waals surface area (Å²) in [6, 6.07) is 9.76. The van der Waals surface area contributed by atoms with Gasteiger partial charge < -0.3 is 40.0 Å². The van der Waals surface area contributed by atoms with Crippen molar-refractivity contribution in [1.82, 2.24) is 5.32 Å². The molecule has 0 spiro atoms. The highest BCUT2D eigenvalue weighted by Crippen LogP contribution is 2.52. The van der Waals surface area contributed by atoms with Crippen molar-refractivity contribution in [3.63, 3.8) is 0 Å². The normalized spacial score (nSPS) is 27.0. The molecule has 6 rings (SSSR count). The van der Waals surface area contributed by atoms with Gasteiger partial charge in [0.1, 0.15) is 28.7 Å². The number of aromatic hydroxyl groups is 2. The predicted molar refractivity (Wildman–Crippen MR) is 159 cm³/mol. The zero-order chi connectivity index (χ0) is 33.1. The van der Waals surface area contributed by atoms with Gasteiger partial charge in [0.15, 0.2) is 17.9 Å². The van der Waals surface area contributed by atoms with Crippen LogP contribution in [-0.4, -0.2) is 75.0 Å². The second-order valence-electron chi connectivity index (χ2n) is 12.1. The van der Waals surface area contributed by atoms with Crippen LogP contribution in [0.3, 0.4) is 0 Å². The molecule has 0 aromatic heterocycles. The molecule has 11 nitrogen and oxygen atoms in total. The Bertz CT molecular complexity index is 1740. The number of carbonyl (C=O) groups excluding carboxylic acids is 3. The van der Waals surface area contributed by atoms with Gasteiger partial charge in [-0.2, -0.15) is 0 Å². The maximum atomic E-state index is 13.8. The summed E-state index contributed by atoms with van der Waals surface area (Å²) >= 11 is 0. The van der Waals surface area contributed by atoms with Gasteiger partial charge in [-0.1, -0.05) is 24.3 Å². The molecule has 1 aliphatic heterocycles. The van der Waals surface area contributed by atoms with Gasteiger partial charge in [-0.3, -0.25) is 14.4 Å². The fourth-order valence-electron chi connectivity index (χ4n) is 6.68. The minimum atomic E-state index is -2.04. The average Bonchev–Trinajstić information content (AvgIpc) is 3.02. The summed E-state index contributed by atoms with van der Waals surface area (Å²) < 4.78 is 30.9. The molecule has 0 radical (unpaired) electrons. The van der Waals surface area contributed by atoms with Crippen molar-refractivity contribution in [2.75, 3.05) is 7.11 Å². The molecule has 1 saturated heterocycles. The zero-order valence-electron chi connectivity index (χ0n) is 25.4. The molecular weight excluding hydrogens is 601 g/mol. The van der Waals surface area contributed by atoms with E-state index in [-0.39, 0.29) is 46.7 Å². The van der Waals surface area contributed by atoms with E-state index in [1.54, 1.807) is 19.1 Å². The Hall–Kier alpha value is -4.20. The van der Waals surface area contributed by atoms with Crippen molar-refractivity contribution in [2.45, 2.75) is 75.9 Å². The lowest BCUT2D eigenvalue weighted by molar-refractivity contribution is -0.249.